The molecule has 2 aromatic rings. The number of hydrogen-bond donors (Lipinski definition) is 1. The summed E-state index contributed by atoms with van der Waals surface area (Å²) in [4.78, 5) is 12.0. The largest absolute Gasteiger partial charge is 0.397 e. The first-order valence-electron chi connectivity index (χ1n) is 6.43. The van der Waals surface area contributed by atoms with Crippen LogP contribution in [0.25, 0.3) is 0 Å². The molecule has 0 saturated heterocycles. The maximum absolute atomic E-state index is 13.8. The number of nitrogens with zero attached hydrogens (tertiary/aromatic N) is 2. The molecule has 6 heteroatoms. The molecule has 0 amide bonds. The molecule has 0 aliphatic carbocycles. The molecule has 2 aromatic carbocycles. The molecule has 0 radical (unpaired) electrons. The summed E-state index contributed by atoms with van der Waals surface area (Å²) in [5.74, 6) is -0.294. The lowest BCUT2D eigenvalue weighted by Crippen LogP contribution is -2.23. The number of halogens is 1. The van der Waals surface area contributed by atoms with Crippen molar-refractivity contribution < 1.29 is 9.31 Å². The van der Waals surface area contributed by atoms with Gasteiger partial charge in [0.05, 0.1) is 22.3 Å². The quantitative estimate of drug-likeness (QED) is 0.531. The monoisotopic (exact) mass is 289 g/mol. The van der Waals surface area contributed by atoms with Gasteiger partial charge >= 0.3 is 0 Å². The minimum atomic E-state index is -0.500. The second-order valence-electron chi connectivity index (χ2n) is 4.81. The highest BCUT2D eigenvalue weighted by molar-refractivity contribution is 5.71. The zero-order valence-corrected chi connectivity index (χ0v) is 11.8. The van der Waals surface area contributed by atoms with Gasteiger partial charge in [-0.2, -0.15) is 0 Å². The minimum absolute atomic E-state index is 0.0665. The van der Waals surface area contributed by atoms with Crippen molar-refractivity contribution in [1.82, 2.24) is 0 Å². The Morgan fingerprint density at radius 2 is 1.95 bits per heavy atom. The Labute approximate surface area is 122 Å². The van der Waals surface area contributed by atoms with Gasteiger partial charge in [-0.1, -0.05) is 18.2 Å². The van der Waals surface area contributed by atoms with E-state index in [4.69, 9.17) is 5.73 Å². The van der Waals surface area contributed by atoms with Crippen molar-refractivity contribution in [2.24, 2.45) is 0 Å². The number of non-ortho nitro benzene ring substituents is 1. The van der Waals surface area contributed by atoms with Crippen molar-refractivity contribution in [2.75, 3.05) is 17.7 Å². The Hall–Kier alpha value is -2.63. The van der Waals surface area contributed by atoms with E-state index in [9.17, 15) is 14.5 Å². The lowest BCUT2D eigenvalue weighted by molar-refractivity contribution is -0.384. The average molecular weight is 289 g/mol. The van der Waals surface area contributed by atoms with Gasteiger partial charge in [-0.3, -0.25) is 10.1 Å². The predicted molar refractivity (Wildman–Crippen MR) is 80.7 cm³/mol. The molecule has 1 atom stereocenters. The van der Waals surface area contributed by atoms with Crippen molar-refractivity contribution >= 4 is 17.1 Å². The molecule has 1 unspecified atom stereocenters. The van der Waals surface area contributed by atoms with Gasteiger partial charge in [0, 0.05) is 24.7 Å². The highest BCUT2D eigenvalue weighted by Gasteiger charge is 2.19. The van der Waals surface area contributed by atoms with Gasteiger partial charge in [0.15, 0.2) is 0 Å². The topological polar surface area (TPSA) is 72.4 Å². The average Bonchev–Trinajstić information content (AvgIpc) is 2.46. The lowest BCUT2D eigenvalue weighted by Gasteiger charge is -2.28. The molecule has 0 aliphatic rings. The fourth-order valence-electron chi connectivity index (χ4n) is 2.21. The summed E-state index contributed by atoms with van der Waals surface area (Å²) >= 11 is 0. The Balaban J connectivity index is 2.34. The van der Waals surface area contributed by atoms with E-state index in [1.807, 2.05) is 6.92 Å². The van der Waals surface area contributed by atoms with Gasteiger partial charge in [0.1, 0.15) is 5.82 Å². The van der Waals surface area contributed by atoms with Crippen LogP contribution in [0.2, 0.25) is 0 Å². The molecule has 0 saturated carbocycles. The number of rotatable bonds is 4. The highest BCUT2D eigenvalue weighted by atomic mass is 19.1. The molecule has 0 heterocycles. The van der Waals surface area contributed by atoms with Crippen LogP contribution in [0.15, 0.2) is 42.5 Å². The predicted octanol–water partition coefficient (Wildman–Crippen LogP) is 3.51. The lowest BCUT2D eigenvalue weighted by atomic mass is 10.1. The number of nitro groups is 1. The van der Waals surface area contributed by atoms with Gasteiger partial charge in [-0.05, 0) is 19.1 Å². The van der Waals surface area contributed by atoms with Gasteiger partial charge in [-0.15, -0.1) is 0 Å². The summed E-state index contributed by atoms with van der Waals surface area (Å²) in [7, 11) is 1.77. The Bertz CT molecular complexity index is 676. The van der Waals surface area contributed by atoms with Gasteiger partial charge < -0.3 is 10.6 Å². The Morgan fingerprint density at radius 1 is 1.29 bits per heavy atom. The second kappa shape index (κ2) is 5.78. The molecule has 110 valence electrons. The molecule has 2 N–H and O–H groups in total. The molecule has 5 nitrogen and oxygen atoms in total. The molecule has 0 aromatic heterocycles. The zero-order valence-electron chi connectivity index (χ0n) is 11.8. The van der Waals surface area contributed by atoms with E-state index in [-0.39, 0.29) is 23.2 Å². The third-order valence-corrected chi connectivity index (χ3v) is 3.54. The Morgan fingerprint density at radius 3 is 2.52 bits per heavy atom. The smallest absolute Gasteiger partial charge is 0.271 e. The van der Waals surface area contributed by atoms with Crippen molar-refractivity contribution in [1.29, 1.82) is 0 Å². The van der Waals surface area contributed by atoms with Crippen LogP contribution in [0.1, 0.15) is 18.5 Å². The molecule has 2 rings (SSSR count). The number of hydrogen-bond acceptors (Lipinski definition) is 4. The first kappa shape index (κ1) is 14.8. The normalized spacial score (nSPS) is 12.0. The van der Waals surface area contributed by atoms with E-state index in [2.05, 4.69) is 0 Å². The third kappa shape index (κ3) is 2.94. The van der Waals surface area contributed by atoms with E-state index >= 15 is 0 Å². The molecular formula is C15H16FN3O2. The van der Waals surface area contributed by atoms with Crippen molar-refractivity contribution in [3.8, 4) is 0 Å². The van der Waals surface area contributed by atoms with E-state index in [0.717, 1.165) is 0 Å². The first-order valence-corrected chi connectivity index (χ1v) is 6.43. The minimum Gasteiger partial charge on any atom is -0.397 e. The molecule has 0 fully saturated rings. The Kier molecular flexibility index (Phi) is 4.07. The number of nitrogen functional groups attached to an aromatic ring is 1. The van der Waals surface area contributed by atoms with Crippen LogP contribution >= 0.6 is 0 Å². The number of nitrogens with two attached hydrogens (primary N) is 1. The SMILES string of the molecule is CC(c1ccccc1F)N(C)c1ccc([N+](=O)[O-])cc1N. The van der Waals surface area contributed by atoms with E-state index in [1.165, 1.54) is 18.2 Å². The maximum Gasteiger partial charge on any atom is 0.271 e. The van der Waals surface area contributed by atoms with Crippen LogP contribution in [0.4, 0.5) is 21.5 Å². The van der Waals surface area contributed by atoms with Gasteiger partial charge in [0.2, 0.25) is 0 Å². The van der Waals surface area contributed by atoms with E-state index in [1.54, 1.807) is 36.2 Å². The fourth-order valence-corrected chi connectivity index (χ4v) is 2.21. The number of nitro benzene ring substituents is 1. The summed E-state index contributed by atoms with van der Waals surface area (Å²) in [5.41, 5.74) is 7.26. The highest BCUT2D eigenvalue weighted by Crippen LogP contribution is 2.32. The molecular weight excluding hydrogens is 273 g/mol. The molecule has 21 heavy (non-hydrogen) atoms. The maximum atomic E-state index is 13.8. The summed E-state index contributed by atoms with van der Waals surface area (Å²) in [5, 5.41) is 10.7. The van der Waals surface area contributed by atoms with Crippen molar-refractivity contribution in [3.05, 3.63) is 64.0 Å². The summed E-state index contributed by atoms with van der Waals surface area (Å²) in [6, 6.07) is 10.5. The van der Waals surface area contributed by atoms with Crippen molar-refractivity contribution in [2.45, 2.75) is 13.0 Å². The number of anilines is 2. The van der Waals surface area contributed by atoms with E-state index < -0.39 is 4.92 Å². The van der Waals surface area contributed by atoms with Crippen molar-refractivity contribution in [3.63, 3.8) is 0 Å². The summed E-state index contributed by atoms with van der Waals surface area (Å²) in [6.45, 7) is 1.85. The first-order chi connectivity index (χ1) is 9.91. The summed E-state index contributed by atoms with van der Waals surface area (Å²) in [6.07, 6.45) is 0. The standard InChI is InChI=1S/C15H16FN3O2/c1-10(12-5-3-4-6-13(12)16)18(2)15-8-7-11(19(20)21)9-14(15)17/h3-10H,17H2,1-2H3. The summed E-state index contributed by atoms with van der Waals surface area (Å²) < 4.78 is 13.8. The van der Waals surface area contributed by atoms with Crippen LogP contribution in [-0.4, -0.2) is 12.0 Å². The van der Waals surface area contributed by atoms with Gasteiger partial charge in [0.25, 0.3) is 5.69 Å². The van der Waals surface area contributed by atoms with Gasteiger partial charge in [-0.25, -0.2) is 4.39 Å². The fraction of sp³-hybridized carbons (Fsp3) is 0.200. The van der Waals surface area contributed by atoms with Crippen LogP contribution in [-0.2, 0) is 0 Å². The zero-order chi connectivity index (χ0) is 15.6. The second-order valence-corrected chi connectivity index (χ2v) is 4.81. The third-order valence-electron chi connectivity index (χ3n) is 3.54. The molecule has 0 aliphatic heterocycles. The van der Waals surface area contributed by atoms with Crippen LogP contribution in [0.5, 0.6) is 0 Å². The van der Waals surface area contributed by atoms with Crippen LogP contribution < -0.4 is 10.6 Å². The molecule has 0 bridgehead atoms. The van der Waals surface area contributed by atoms with E-state index in [0.29, 0.717) is 11.3 Å². The van der Waals surface area contributed by atoms with Crippen LogP contribution in [0, 0.1) is 15.9 Å². The number of benzene rings is 2. The molecule has 0 spiro atoms. The van der Waals surface area contributed by atoms with Crippen LogP contribution in [0.3, 0.4) is 0 Å².